The van der Waals surface area contributed by atoms with Crippen molar-refractivity contribution in [3.8, 4) is 0 Å². The first kappa shape index (κ1) is 9.53. The number of hydrogen-bond donors (Lipinski definition) is 1. The Hall–Kier alpha value is -1.02. The van der Waals surface area contributed by atoms with Crippen molar-refractivity contribution in [3.63, 3.8) is 0 Å². The minimum atomic E-state index is 0.302. The lowest BCUT2D eigenvalue weighted by Gasteiger charge is -2.34. The van der Waals surface area contributed by atoms with Crippen LogP contribution >= 0.6 is 0 Å². The van der Waals surface area contributed by atoms with Gasteiger partial charge in [-0.25, -0.2) is 0 Å². The zero-order chi connectivity index (χ0) is 9.97. The summed E-state index contributed by atoms with van der Waals surface area (Å²) in [5.41, 5.74) is 8.82. The normalized spacial score (nSPS) is 20.7. The molecule has 0 saturated heterocycles. The SMILES string of the molecule is CCCN1CC(N)Cc2ccccc21. The molecule has 14 heavy (non-hydrogen) atoms. The van der Waals surface area contributed by atoms with Crippen molar-refractivity contribution < 1.29 is 0 Å². The van der Waals surface area contributed by atoms with Crippen LogP contribution in [0.5, 0.6) is 0 Å². The van der Waals surface area contributed by atoms with E-state index in [1.54, 1.807) is 0 Å². The first-order valence-corrected chi connectivity index (χ1v) is 5.39. The molecular formula is C12H18N2. The highest BCUT2D eigenvalue weighted by Gasteiger charge is 2.20. The van der Waals surface area contributed by atoms with Gasteiger partial charge in [-0.05, 0) is 24.5 Å². The molecule has 0 aromatic heterocycles. The van der Waals surface area contributed by atoms with Gasteiger partial charge in [0.25, 0.3) is 0 Å². The molecule has 0 fully saturated rings. The zero-order valence-corrected chi connectivity index (χ0v) is 8.74. The van der Waals surface area contributed by atoms with Crippen molar-refractivity contribution in [2.24, 2.45) is 5.73 Å². The molecule has 1 heterocycles. The number of para-hydroxylation sites is 1. The van der Waals surface area contributed by atoms with Crippen LogP contribution in [0.3, 0.4) is 0 Å². The number of hydrogen-bond acceptors (Lipinski definition) is 2. The monoisotopic (exact) mass is 190 g/mol. The number of rotatable bonds is 2. The molecule has 2 N–H and O–H groups in total. The van der Waals surface area contributed by atoms with Crippen LogP contribution in [0.25, 0.3) is 0 Å². The van der Waals surface area contributed by atoms with E-state index < -0.39 is 0 Å². The average Bonchev–Trinajstić information content (AvgIpc) is 2.18. The van der Waals surface area contributed by atoms with Crippen LogP contribution in [-0.2, 0) is 6.42 Å². The fourth-order valence-electron chi connectivity index (χ4n) is 2.20. The highest BCUT2D eigenvalue weighted by molar-refractivity contribution is 5.56. The summed E-state index contributed by atoms with van der Waals surface area (Å²) >= 11 is 0. The van der Waals surface area contributed by atoms with E-state index in [2.05, 4.69) is 36.1 Å². The second-order valence-corrected chi connectivity index (χ2v) is 4.04. The van der Waals surface area contributed by atoms with Crippen LogP contribution in [-0.4, -0.2) is 19.1 Å². The van der Waals surface area contributed by atoms with Gasteiger partial charge < -0.3 is 10.6 Å². The molecule has 2 heteroatoms. The van der Waals surface area contributed by atoms with Crippen molar-refractivity contribution in [1.82, 2.24) is 0 Å². The van der Waals surface area contributed by atoms with Crippen LogP contribution in [0.4, 0.5) is 5.69 Å². The predicted octanol–water partition coefficient (Wildman–Crippen LogP) is 1.79. The second-order valence-electron chi connectivity index (χ2n) is 4.04. The Kier molecular flexibility index (Phi) is 2.73. The molecule has 0 amide bonds. The van der Waals surface area contributed by atoms with Crippen molar-refractivity contribution in [1.29, 1.82) is 0 Å². The summed E-state index contributed by atoms with van der Waals surface area (Å²) in [4.78, 5) is 2.41. The van der Waals surface area contributed by atoms with E-state index in [0.29, 0.717) is 6.04 Å². The third-order valence-corrected chi connectivity index (χ3v) is 2.76. The highest BCUT2D eigenvalue weighted by atomic mass is 15.1. The number of nitrogens with zero attached hydrogens (tertiary/aromatic N) is 1. The number of fused-ring (bicyclic) bond motifs is 1. The Morgan fingerprint density at radius 2 is 2.21 bits per heavy atom. The van der Waals surface area contributed by atoms with Crippen molar-refractivity contribution in [3.05, 3.63) is 29.8 Å². The van der Waals surface area contributed by atoms with Crippen LogP contribution < -0.4 is 10.6 Å². The Morgan fingerprint density at radius 3 is 3.00 bits per heavy atom. The summed E-state index contributed by atoms with van der Waals surface area (Å²) in [5.74, 6) is 0. The van der Waals surface area contributed by atoms with Gasteiger partial charge in [-0.3, -0.25) is 0 Å². The molecule has 1 atom stereocenters. The molecule has 0 spiro atoms. The average molecular weight is 190 g/mol. The molecule has 0 bridgehead atoms. The Balaban J connectivity index is 2.28. The zero-order valence-electron chi connectivity index (χ0n) is 8.74. The second kappa shape index (κ2) is 4.01. The molecule has 1 aliphatic heterocycles. The third kappa shape index (κ3) is 1.75. The molecule has 1 aliphatic rings. The minimum absolute atomic E-state index is 0.302. The van der Waals surface area contributed by atoms with Gasteiger partial charge in [0.2, 0.25) is 0 Å². The smallest absolute Gasteiger partial charge is 0.0399 e. The molecule has 76 valence electrons. The summed E-state index contributed by atoms with van der Waals surface area (Å²) in [5, 5.41) is 0. The maximum Gasteiger partial charge on any atom is 0.0399 e. The third-order valence-electron chi connectivity index (χ3n) is 2.76. The largest absolute Gasteiger partial charge is 0.370 e. The lowest BCUT2D eigenvalue weighted by molar-refractivity contribution is 0.596. The fraction of sp³-hybridized carbons (Fsp3) is 0.500. The summed E-state index contributed by atoms with van der Waals surface area (Å²) in [6.07, 6.45) is 2.21. The lowest BCUT2D eigenvalue weighted by Crippen LogP contribution is -2.43. The molecule has 1 unspecified atom stereocenters. The first-order chi connectivity index (χ1) is 6.81. The number of nitrogens with two attached hydrogens (primary N) is 1. The van der Waals surface area contributed by atoms with E-state index >= 15 is 0 Å². The Bertz CT molecular complexity index is 309. The van der Waals surface area contributed by atoms with Crippen molar-refractivity contribution in [2.75, 3.05) is 18.0 Å². The van der Waals surface area contributed by atoms with E-state index in [1.807, 2.05) is 0 Å². The quantitative estimate of drug-likeness (QED) is 0.770. The van der Waals surface area contributed by atoms with Gasteiger partial charge in [0.15, 0.2) is 0 Å². The molecule has 0 saturated carbocycles. The minimum Gasteiger partial charge on any atom is -0.370 e. The van der Waals surface area contributed by atoms with Gasteiger partial charge in [-0.2, -0.15) is 0 Å². The molecule has 0 radical (unpaired) electrons. The van der Waals surface area contributed by atoms with Crippen LogP contribution in [0.1, 0.15) is 18.9 Å². The van der Waals surface area contributed by atoms with Crippen LogP contribution in [0.15, 0.2) is 24.3 Å². The molecule has 2 nitrogen and oxygen atoms in total. The topological polar surface area (TPSA) is 29.3 Å². The van der Waals surface area contributed by atoms with E-state index in [-0.39, 0.29) is 0 Å². The van der Waals surface area contributed by atoms with E-state index in [9.17, 15) is 0 Å². The molecular weight excluding hydrogens is 172 g/mol. The van der Waals surface area contributed by atoms with Crippen molar-refractivity contribution in [2.45, 2.75) is 25.8 Å². The predicted molar refractivity (Wildman–Crippen MR) is 60.6 cm³/mol. The van der Waals surface area contributed by atoms with Crippen molar-refractivity contribution >= 4 is 5.69 Å². The number of anilines is 1. The van der Waals surface area contributed by atoms with Gasteiger partial charge in [-0.1, -0.05) is 25.1 Å². The van der Waals surface area contributed by atoms with E-state index in [1.165, 1.54) is 17.7 Å². The van der Waals surface area contributed by atoms with Crippen LogP contribution in [0, 0.1) is 0 Å². The van der Waals surface area contributed by atoms with Gasteiger partial charge in [0.1, 0.15) is 0 Å². The first-order valence-electron chi connectivity index (χ1n) is 5.39. The molecule has 0 aliphatic carbocycles. The Labute approximate surface area is 85.7 Å². The molecule has 1 aromatic carbocycles. The highest BCUT2D eigenvalue weighted by Crippen LogP contribution is 2.26. The van der Waals surface area contributed by atoms with E-state index in [0.717, 1.165) is 19.5 Å². The number of benzene rings is 1. The lowest BCUT2D eigenvalue weighted by atomic mass is 9.98. The summed E-state index contributed by atoms with van der Waals surface area (Å²) in [6.45, 7) is 4.33. The van der Waals surface area contributed by atoms with Gasteiger partial charge in [0, 0.05) is 24.8 Å². The van der Waals surface area contributed by atoms with Gasteiger partial charge >= 0.3 is 0 Å². The van der Waals surface area contributed by atoms with Gasteiger partial charge in [-0.15, -0.1) is 0 Å². The molecule has 2 rings (SSSR count). The maximum atomic E-state index is 6.03. The maximum absolute atomic E-state index is 6.03. The standard InChI is InChI=1S/C12H18N2/c1-2-7-14-9-11(13)8-10-5-3-4-6-12(10)14/h3-6,11H,2,7-9,13H2,1H3. The fourth-order valence-corrected chi connectivity index (χ4v) is 2.20. The summed E-state index contributed by atoms with van der Waals surface area (Å²) < 4.78 is 0. The Morgan fingerprint density at radius 1 is 1.43 bits per heavy atom. The summed E-state index contributed by atoms with van der Waals surface area (Å²) in [7, 11) is 0. The van der Waals surface area contributed by atoms with Crippen LogP contribution in [0.2, 0.25) is 0 Å². The van der Waals surface area contributed by atoms with E-state index in [4.69, 9.17) is 5.73 Å². The molecule has 1 aromatic rings. The van der Waals surface area contributed by atoms with Gasteiger partial charge in [0.05, 0.1) is 0 Å². The summed E-state index contributed by atoms with van der Waals surface area (Å²) in [6, 6.07) is 8.91.